The number of hydrogen-bond acceptors (Lipinski definition) is 7. The van der Waals surface area contributed by atoms with E-state index in [-0.39, 0.29) is 28.9 Å². The molecule has 1 amide bonds. The molecule has 3 heterocycles. The number of rotatable bonds is 6. The average Bonchev–Trinajstić information content (AvgIpc) is 3.29. The third-order valence-corrected chi connectivity index (χ3v) is 5.64. The van der Waals surface area contributed by atoms with Crippen LogP contribution in [0.1, 0.15) is 46.9 Å². The summed E-state index contributed by atoms with van der Waals surface area (Å²) in [6, 6.07) is 4.82. The van der Waals surface area contributed by atoms with E-state index in [0.717, 1.165) is 0 Å². The van der Waals surface area contributed by atoms with E-state index in [1.165, 1.54) is 26.6 Å². The van der Waals surface area contributed by atoms with Gasteiger partial charge in [0.05, 0.1) is 20.4 Å². The molecule has 3 aromatic rings. The average molecular weight is 457 g/mol. The molecule has 0 aliphatic carbocycles. The first-order chi connectivity index (χ1) is 15.3. The van der Waals surface area contributed by atoms with Crippen molar-refractivity contribution in [3.63, 3.8) is 0 Å². The molecule has 10 heteroatoms. The molecule has 0 fully saturated rings. The van der Waals surface area contributed by atoms with Crippen molar-refractivity contribution in [1.29, 1.82) is 0 Å². The molecule has 0 saturated heterocycles. The molecule has 2 aromatic heterocycles. The van der Waals surface area contributed by atoms with Gasteiger partial charge in [0.15, 0.2) is 11.9 Å². The Kier molecular flexibility index (Phi) is 5.39. The van der Waals surface area contributed by atoms with E-state index in [1.54, 1.807) is 22.8 Å². The second kappa shape index (κ2) is 7.92. The highest BCUT2D eigenvalue weighted by Crippen LogP contribution is 2.46. The molecule has 1 aliphatic rings. The summed E-state index contributed by atoms with van der Waals surface area (Å²) in [6.07, 6.45) is 3.62. The Hall–Kier alpha value is -3.43. The predicted octanol–water partition coefficient (Wildman–Crippen LogP) is 3.06. The number of fused-ring (bicyclic) bond motifs is 1. The summed E-state index contributed by atoms with van der Waals surface area (Å²) >= 11 is 6.06. The van der Waals surface area contributed by atoms with E-state index in [1.807, 2.05) is 13.8 Å². The molecule has 0 saturated carbocycles. The van der Waals surface area contributed by atoms with Crippen molar-refractivity contribution in [1.82, 2.24) is 14.5 Å². The zero-order valence-corrected chi connectivity index (χ0v) is 18.6. The first kappa shape index (κ1) is 21.8. The van der Waals surface area contributed by atoms with Gasteiger partial charge >= 0.3 is 6.01 Å². The van der Waals surface area contributed by atoms with E-state index in [0.29, 0.717) is 33.9 Å². The molecule has 4 rings (SSSR count). The van der Waals surface area contributed by atoms with Crippen molar-refractivity contribution in [2.75, 3.05) is 19.5 Å². The molecule has 9 nitrogen and oxygen atoms in total. The highest BCUT2D eigenvalue weighted by atomic mass is 35.5. The van der Waals surface area contributed by atoms with Gasteiger partial charge in [-0.3, -0.25) is 9.59 Å². The molecule has 2 N–H and O–H groups in total. The van der Waals surface area contributed by atoms with Crippen LogP contribution in [0.3, 0.4) is 0 Å². The number of ether oxygens (including phenoxy) is 2. The number of aldehydes is 1. The highest BCUT2D eigenvalue weighted by Gasteiger charge is 2.50. The van der Waals surface area contributed by atoms with Crippen molar-refractivity contribution in [3.8, 4) is 17.6 Å². The Morgan fingerprint density at radius 3 is 2.66 bits per heavy atom. The molecular formula is C22H21ClN4O5. The van der Waals surface area contributed by atoms with Crippen molar-refractivity contribution >= 4 is 29.5 Å². The lowest BCUT2D eigenvalue weighted by atomic mass is 9.83. The minimum atomic E-state index is -2.10. The maximum absolute atomic E-state index is 13.1. The van der Waals surface area contributed by atoms with Gasteiger partial charge in [0.25, 0.3) is 5.91 Å². The third-order valence-electron chi connectivity index (χ3n) is 5.41. The first-order valence-electron chi connectivity index (χ1n) is 9.76. The van der Waals surface area contributed by atoms with Crippen LogP contribution in [0.4, 0.5) is 5.69 Å². The Labute approximate surface area is 189 Å². The smallest absolute Gasteiger partial charge is 0.319 e. The van der Waals surface area contributed by atoms with Crippen LogP contribution in [0.25, 0.3) is 5.69 Å². The number of aromatic nitrogens is 3. The number of methoxy groups -OCH3 is 2. The molecule has 1 atom stereocenters. The highest BCUT2D eigenvalue weighted by molar-refractivity contribution is 6.31. The van der Waals surface area contributed by atoms with E-state index in [4.69, 9.17) is 21.1 Å². The van der Waals surface area contributed by atoms with Crippen LogP contribution in [0, 0.1) is 0 Å². The second-order valence-electron chi connectivity index (χ2n) is 7.59. The monoisotopic (exact) mass is 456 g/mol. The summed E-state index contributed by atoms with van der Waals surface area (Å²) in [4.78, 5) is 33.5. The fraction of sp³-hybridized carbons (Fsp3) is 0.273. The van der Waals surface area contributed by atoms with E-state index in [9.17, 15) is 14.7 Å². The zero-order chi connectivity index (χ0) is 23.2. The number of amides is 1. The van der Waals surface area contributed by atoms with Gasteiger partial charge in [-0.2, -0.15) is 4.98 Å². The largest absolute Gasteiger partial charge is 0.479 e. The molecule has 32 heavy (non-hydrogen) atoms. The molecule has 166 valence electrons. The fourth-order valence-electron chi connectivity index (χ4n) is 4.07. The quantitative estimate of drug-likeness (QED) is 0.547. The summed E-state index contributed by atoms with van der Waals surface area (Å²) in [7, 11) is 2.88. The van der Waals surface area contributed by atoms with E-state index >= 15 is 0 Å². The molecule has 0 spiro atoms. The number of benzene rings is 1. The molecule has 0 radical (unpaired) electrons. The van der Waals surface area contributed by atoms with Crippen LogP contribution in [0.2, 0.25) is 5.02 Å². The number of anilines is 1. The summed E-state index contributed by atoms with van der Waals surface area (Å²) in [5.74, 6) is -0.679. The molecule has 0 bridgehead atoms. The second-order valence-corrected chi connectivity index (χ2v) is 8.03. The van der Waals surface area contributed by atoms with Gasteiger partial charge in [-0.1, -0.05) is 31.5 Å². The minimum Gasteiger partial charge on any atom is -0.479 e. The zero-order valence-electron chi connectivity index (χ0n) is 17.8. The van der Waals surface area contributed by atoms with E-state index < -0.39 is 11.5 Å². The lowest BCUT2D eigenvalue weighted by molar-refractivity contribution is -0.129. The normalized spacial score (nSPS) is 17.3. The maximum atomic E-state index is 13.1. The Morgan fingerprint density at radius 1 is 1.28 bits per heavy atom. The number of aliphatic hydroxyl groups is 1. The number of nitrogens with zero attached hydrogens (tertiary/aromatic N) is 3. The van der Waals surface area contributed by atoms with Crippen LogP contribution >= 0.6 is 11.6 Å². The predicted molar refractivity (Wildman–Crippen MR) is 117 cm³/mol. The van der Waals surface area contributed by atoms with E-state index in [2.05, 4.69) is 15.3 Å². The lowest BCUT2D eigenvalue weighted by Crippen LogP contribution is -2.37. The van der Waals surface area contributed by atoms with Crippen molar-refractivity contribution in [3.05, 3.63) is 58.0 Å². The maximum Gasteiger partial charge on any atom is 0.319 e. The van der Waals surface area contributed by atoms with Gasteiger partial charge in [0, 0.05) is 39.3 Å². The van der Waals surface area contributed by atoms with Gasteiger partial charge in [0.1, 0.15) is 5.69 Å². The van der Waals surface area contributed by atoms with Gasteiger partial charge < -0.3 is 24.5 Å². The summed E-state index contributed by atoms with van der Waals surface area (Å²) < 4.78 is 12.1. The standard InChI is InChI=1S/C22H21ClN4O5/c1-11(2)18-17(22(30)14-6-5-13(23)7-15(14)25-20(22)29)12(10-28)9-27(18)16-8-24-21(32-4)26-19(16)31-3/h5-11,30H,1-4H3,(H,25,29). The molecule has 1 aromatic carbocycles. The topological polar surface area (TPSA) is 116 Å². The number of hydrogen-bond donors (Lipinski definition) is 2. The summed E-state index contributed by atoms with van der Waals surface area (Å²) in [5.41, 5.74) is -0.126. The molecule has 1 aliphatic heterocycles. The Bertz CT molecular complexity index is 1240. The number of nitrogens with one attached hydrogen (secondary N) is 1. The van der Waals surface area contributed by atoms with Gasteiger partial charge in [-0.05, 0) is 18.1 Å². The van der Waals surface area contributed by atoms with Crippen LogP contribution in [-0.4, -0.2) is 46.1 Å². The summed E-state index contributed by atoms with van der Waals surface area (Å²) in [5, 5.41) is 14.8. The number of carbonyl (C=O) groups is 2. The van der Waals surface area contributed by atoms with Gasteiger partial charge in [-0.25, -0.2) is 4.98 Å². The molecule has 1 unspecified atom stereocenters. The first-order valence-corrected chi connectivity index (χ1v) is 10.1. The van der Waals surface area contributed by atoms with Gasteiger partial charge in [-0.15, -0.1) is 0 Å². The SMILES string of the molecule is COc1ncc(-n2cc(C=O)c(C3(O)C(=O)Nc4cc(Cl)ccc43)c2C(C)C)c(OC)n1. The number of halogens is 1. The van der Waals surface area contributed by atoms with Crippen LogP contribution in [0.15, 0.2) is 30.6 Å². The van der Waals surface area contributed by atoms with Crippen LogP contribution < -0.4 is 14.8 Å². The molecular weight excluding hydrogens is 436 g/mol. The lowest BCUT2D eigenvalue weighted by Gasteiger charge is -2.25. The van der Waals surface area contributed by atoms with Crippen LogP contribution in [-0.2, 0) is 10.4 Å². The minimum absolute atomic E-state index is 0.110. The number of carbonyl (C=O) groups excluding carboxylic acids is 2. The fourth-order valence-corrected chi connectivity index (χ4v) is 4.24. The van der Waals surface area contributed by atoms with Crippen molar-refractivity contribution in [2.45, 2.75) is 25.4 Å². The van der Waals surface area contributed by atoms with Crippen molar-refractivity contribution in [2.24, 2.45) is 0 Å². The summed E-state index contributed by atoms with van der Waals surface area (Å²) in [6.45, 7) is 3.78. The Morgan fingerprint density at radius 2 is 2.03 bits per heavy atom. The van der Waals surface area contributed by atoms with Crippen LogP contribution in [0.5, 0.6) is 11.9 Å². The third kappa shape index (κ3) is 3.12. The Balaban J connectivity index is 2.04. The van der Waals surface area contributed by atoms with Gasteiger partial charge in [0.2, 0.25) is 5.88 Å². The van der Waals surface area contributed by atoms with Crippen molar-refractivity contribution < 1.29 is 24.2 Å².